The van der Waals surface area contributed by atoms with Gasteiger partial charge in [-0.25, -0.2) is 9.78 Å². The van der Waals surface area contributed by atoms with E-state index in [1.165, 1.54) is 17.5 Å². The number of ether oxygens (including phenoxy) is 1. The molecule has 0 saturated carbocycles. The molecule has 1 N–H and O–H groups in total. The largest absolute Gasteiger partial charge is 0.477 e. The molecule has 0 aromatic carbocycles. The summed E-state index contributed by atoms with van der Waals surface area (Å²) < 4.78 is 5.04. The summed E-state index contributed by atoms with van der Waals surface area (Å²) in [6.07, 6.45) is 2.12. The van der Waals surface area contributed by atoms with Crippen molar-refractivity contribution in [1.82, 2.24) is 4.98 Å². The number of carboxylic acid groups (broad SMARTS) is 1. The molecule has 1 aromatic rings. The Kier molecular flexibility index (Phi) is 3.39. The normalized spacial score (nSPS) is 12.8. The van der Waals surface area contributed by atoms with Crippen LogP contribution >= 0.6 is 11.3 Å². The third-order valence-electron chi connectivity index (χ3n) is 1.63. The lowest BCUT2D eigenvalue weighted by Crippen LogP contribution is -2.07. The molecule has 1 unspecified atom stereocenters. The van der Waals surface area contributed by atoms with Gasteiger partial charge in [-0.1, -0.05) is 0 Å². The van der Waals surface area contributed by atoms with E-state index in [1.807, 2.05) is 6.92 Å². The smallest absolute Gasteiger partial charge is 0.347 e. The van der Waals surface area contributed by atoms with Gasteiger partial charge in [-0.05, 0) is 6.92 Å². The average Bonchev–Trinajstić information content (AvgIpc) is 2.52. The van der Waals surface area contributed by atoms with E-state index >= 15 is 0 Å². The molecule has 1 atom stereocenters. The zero-order valence-corrected chi connectivity index (χ0v) is 8.30. The molecule has 1 aromatic heterocycles. The number of methoxy groups -OCH3 is 1. The predicted octanol–water partition coefficient (Wildman–Crippen LogP) is 1.42. The highest BCUT2D eigenvalue weighted by molar-refractivity contribution is 7.13. The van der Waals surface area contributed by atoms with Gasteiger partial charge >= 0.3 is 5.97 Å². The zero-order valence-electron chi connectivity index (χ0n) is 7.48. The maximum atomic E-state index is 10.5. The molecule has 0 amide bonds. The Morgan fingerprint density at radius 2 is 2.54 bits per heavy atom. The van der Waals surface area contributed by atoms with Crippen LogP contribution in [0.4, 0.5) is 0 Å². The van der Waals surface area contributed by atoms with E-state index in [1.54, 1.807) is 7.11 Å². The van der Waals surface area contributed by atoms with Crippen LogP contribution in [0.3, 0.4) is 0 Å². The van der Waals surface area contributed by atoms with Gasteiger partial charge in [0.2, 0.25) is 0 Å². The quantitative estimate of drug-likeness (QED) is 0.800. The van der Waals surface area contributed by atoms with Crippen molar-refractivity contribution in [3.05, 3.63) is 16.1 Å². The van der Waals surface area contributed by atoms with Crippen molar-refractivity contribution in [2.24, 2.45) is 0 Å². The van der Waals surface area contributed by atoms with E-state index in [2.05, 4.69) is 4.98 Å². The summed E-state index contributed by atoms with van der Waals surface area (Å²) in [6.45, 7) is 1.92. The van der Waals surface area contributed by atoms with Crippen LogP contribution in [0, 0.1) is 0 Å². The van der Waals surface area contributed by atoms with Crippen molar-refractivity contribution in [3.8, 4) is 0 Å². The van der Waals surface area contributed by atoms with Gasteiger partial charge in [0.1, 0.15) is 4.88 Å². The Morgan fingerprint density at radius 1 is 1.85 bits per heavy atom. The minimum atomic E-state index is -0.922. The molecule has 0 aliphatic carbocycles. The number of hydrogen-bond donors (Lipinski definition) is 1. The Bertz CT molecular complexity index is 297. The number of aromatic nitrogens is 1. The molecule has 1 heterocycles. The van der Waals surface area contributed by atoms with Gasteiger partial charge in [0.05, 0.1) is 17.3 Å². The summed E-state index contributed by atoms with van der Waals surface area (Å²) in [5.41, 5.74) is 0. The summed E-state index contributed by atoms with van der Waals surface area (Å²) in [7, 11) is 1.62. The van der Waals surface area contributed by atoms with Crippen molar-refractivity contribution < 1.29 is 14.6 Å². The first-order chi connectivity index (χ1) is 6.13. The van der Waals surface area contributed by atoms with Gasteiger partial charge < -0.3 is 9.84 Å². The highest BCUT2D eigenvalue weighted by atomic mass is 32.1. The van der Waals surface area contributed by atoms with Gasteiger partial charge in [0, 0.05) is 13.5 Å². The van der Waals surface area contributed by atoms with Crippen LogP contribution in [0.25, 0.3) is 0 Å². The molecule has 0 bridgehead atoms. The van der Waals surface area contributed by atoms with Crippen molar-refractivity contribution in [2.45, 2.75) is 19.4 Å². The van der Waals surface area contributed by atoms with Crippen molar-refractivity contribution in [3.63, 3.8) is 0 Å². The third-order valence-corrected chi connectivity index (χ3v) is 2.64. The number of thiazole rings is 1. The lowest BCUT2D eigenvalue weighted by Gasteiger charge is -2.05. The van der Waals surface area contributed by atoms with Crippen LogP contribution in [-0.2, 0) is 11.2 Å². The fourth-order valence-electron chi connectivity index (χ4n) is 0.833. The molecule has 0 radical (unpaired) electrons. The molecule has 13 heavy (non-hydrogen) atoms. The monoisotopic (exact) mass is 201 g/mol. The predicted molar refractivity (Wildman–Crippen MR) is 49.2 cm³/mol. The van der Waals surface area contributed by atoms with Crippen LogP contribution < -0.4 is 0 Å². The van der Waals surface area contributed by atoms with E-state index in [4.69, 9.17) is 9.84 Å². The fourth-order valence-corrected chi connectivity index (χ4v) is 1.70. The molecule has 4 nitrogen and oxygen atoms in total. The van der Waals surface area contributed by atoms with Gasteiger partial charge in [0.25, 0.3) is 0 Å². The van der Waals surface area contributed by atoms with Crippen LogP contribution in [0.15, 0.2) is 6.20 Å². The van der Waals surface area contributed by atoms with E-state index in [-0.39, 0.29) is 11.0 Å². The van der Waals surface area contributed by atoms with Crippen LogP contribution in [0.5, 0.6) is 0 Å². The first-order valence-electron chi connectivity index (χ1n) is 3.84. The summed E-state index contributed by atoms with van der Waals surface area (Å²) in [6, 6.07) is 0. The summed E-state index contributed by atoms with van der Waals surface area (Å²) in [5, 5.41) is 9.43. The van der Waals surface area contributed by atoms with Crippen LogP contribution in [0.1, 0.15) is 21.6 Å². The first-order valence-corrected chi connectivity index (χ1v) is 4.66. The zero-order chi connectivity index (χ0) is 9.84. The van der Waals surface area contributed by atoms with E-state index in [9.17, 15) is 4.79 Å². The molecule has 0 spiro atoms. The minimum Gasteiger partial charge on any atom is -0.477 e. The summed E-state index contributed by atoms with van der Waals surface area (Å²) in [5.74, 6) is -0.922. The molecule has 0 saturated heterocycles. The molecule has 1 rings (SSSR count). The number of rotatable bonds is 4. The molecular formula is C8H11NO3S. The minimum absolute atomic E-state index is 0.0767. The number of nitrogens with zero attached hydrogens (tertiary/aromatic N) is 1. The van der Waals surface area contributed by atoms with Crippen molar-refractivity contribution >= 4 is 17.3 Å². The van der Waals surface area contributed by atoms with Crippen LogP contribution in [0.2, 0.25) is 0 Å². The number of aromatic carboxylic acids is 1. The van der Waals surface area contributed by atoms with Gasteiger partial charge in [-0.3, -0.25) is 0 Å². The topological polar surface area (TPSA) is 59.4 Å². The average molecular weight is 201 g/mol. The number of carbonyl (C=O) groups is 1. The Labute approximate surface area is 80.2 Å². The van der Waals surface area contributed by atoms with Crippen molar-refractivity contribution in [1.29, 1.82) is 0 Å². The summed E-state index contributed by atoms with van der Waals surface area (Å²) in [4.78, 5) is 14.8. The SMILES string of the molecule is COC(C)Cc1ncc(C(=O)O)s1. The van der Waals surface area contributed by atoms with Crippen molar-refractivity contribution in [2.75, 3.05) is 7.11 Å². The second-order valence-corrected chi connectivity index (χ2v) is 3.79. The molecule has 0 fully saturated rings. The van der Waals surface area contributed by atoms with E-state index in [0.717, 1.165) is 5.01 Å². The van der Waals surface area contributed by atoms with Gasteiger partial charge in [-0.15, -0.1) is 11.3 Å². The lowest BCUT2D eigenvalue weighted by molar-refractivity contribution is 0.0702. The molecular weight excluding hydrogens is 190 g/mol. The maximum Gasteiger partial charge on any atom is 0.347 e. The summed E-state index contributed by atoms with van der Waals surface area (Å²) >= 11 is 1.19. The van der Waals surface area contributed by atoms with Crippen LogP contribution in [-0.4, -0.2) is 29.3 Å². The van der Waals surface area contributed by atoms with Gasteiger partial charge in [0.15, 0.2) is 0 Å². The van der Waals surface area contributed by atoms with E-state index in [0.29, 0.717) is 6.42 Å². The molecule has 0 aliphatic heterocycles. The fraction of sp³-hybridized carbons (Fsp3) is 0.500. The molecule has 72 valence electrons. The third kappa shape index (κ3) is 2.78. The highest BCUT2D eigenvalue weighted by Gasteiger charge is 2.10. The standard InChI is InChI=1S/C8H11NO3S/c1-5(12-2)3-7-9-4-6(13-7)8(10)11/h4-5H,3H2,1-2H3,(H,10,11). The second-order valence-electron chi connectivity index (χ2n) is 2.67. The second kappa shape index (κ2) is 4.34. The van der Waals surface area contributed by atoms with E-state index < -0.39 is 5.97 Å². The number of hydrogen-bond acceptors (Lipinski definition) is 4. The Morgan fingerprint density at radius 3 is 3.00 bits per heavy atom. The maximum absolute atomic E-state index is 10.5. The lowest BCUT2D eigenvalue weighted by atomic mass is 10.3. The molecule has 5 heteroatoms. The Hall–Kier alpha value is -0.940. The Balaban J connectivity index is 2.64. The highest BCUT2D eigenvalue weighted by Crippen LogP contribution is 2.14. The van der Waals surface area contributed by atoms with Gasteiger partial charge in [-0.2, -0.15) is 0 Å². The number of carboxylic acids is 1. The molecule has 0 aliphatic rings. The first kappa shape index (κ1) is 10.1.